The van der Waals surface area contributed by atoms with Crippen LogP contribution in [0.25, 0.3) is 10.4 Å². The number of aromatic hydroxyl groups is 1. The summed E-state index contributed by atoms with van der Waals surface area (Å²) in [5.74, 6) is -1.39. The van der Waals surface area contributed by atoms with E-state index in [9.17, 15) is 9.90 Å². The summed E-state index contributed by atoms with van der Waals surface area (Å²) in [7, 11) is 0. The first-order valence-corrected chi connectivity index (χ1v) is 5.59. The van der Waals surface area contributed by atoms with E-state index in [0.717, 1.165) is 10.4 Å². The minimum atomic E-state index is -1.15. The molecule has 0 bridgehead atoms. The summed E-state index contributed by atoms with van der Waals surface area (Å²) in [5.41, 5.74) is 0.620. The van der Waals surface area contributed by atoms with Gasteiger partial charge in [0.2, 0.25) is 0 Å². The van der Waals surface area contributed by atoms with Crippen LogP contribution in [0.1, 0.15) is 10.4 Å². The number of carboxylic acids is 1. The van der Waals surface area contributed by atoms with Crippen molar-refractivity contribution in [3.05, 3.63) is 40.2 Å². The molecule has 0 aliphatic rings. The first-order valence-electron chi connectivity index (χ1n) is 4.40. The predicted molar refractivity (Wildman–Crippen MR) is 63.4 cm³/mol. The van der Waals surface area contributed by atoms with Crippen LogP contribution < -0.4 is 0 Å². The van der Waals surface area contributed by atoms with Gasteiger partial charge in [0.1, 0.15) is 11.3 Å². The molecule has 5 heteroatoms. The van der Waals surface area contributed by atoms with Gasteiger partial charge in [0.25, 0.3) is 0 Å². The van der Waals surface area contributed by atoms with Crippen molar-refractivity contribution in [3.8, 4) is 16.2 Å². The fraction of sp³-hybridized carbons (Fsp3) is 0. The van der Waals surface area contributed by atoms with Gasteiger partial charge in [-0.3, -0.25) is 0 Å². The van der Waals surface area contributed by atoms with E-state index in [1.807, 2.05) is 6.07 Å². The highest BCUT2D eigenvalue weighted by atomic mass is 35.5. The van der Waals surface area contributed by atoms with Crippen LogP contribution in [0.4, 0.5) is 0 Å². The van der Waals surface area contributed by atoms with E-state index in [-0.39, 0.29) is 11.3 Å². The lowest BCUT2D eigenvalue weighted by Gasteiger charge is -2.02. The fourth-order valence-electron chi connectivity index (χ4n) is 1.33. The number of aromatic carboxylic acids is 1. The second kappa shape index (κ2) is 4.15. The normalized spacial score (nSPS) is 10.3. The summed E-state index contributed by atoms with van der Waals surface area (Å²) in [5, 5.41) is 18.2. The Kier molecular flexibility index (Phi) is 2.85. The van der Waals surface area contributed by atoms with E-state index in [1.165, 1.54) is 23.5 Å². The first-order chi connectivity index (χ1) is 7.58. The molecule has 0 aliphatic heterocycles. The number of rotatable bonds is 2. The monoisotopic (exact) mass is 254 g/mol. The maximum Gasteiger partial charge on any atom is 0.339 e. The van der Waals surface area contributed by atoms with Crippen molar-refractivity contribution in [1.29, 1.82) is 0 Å². The third-order valence-corrected chi connectivity index (χ3v) is 3.36. The average molecular weight is 255 g/mol. The molecular weight excluding hydrogens is 248 g/mol. The minimum absolute atomic E-state index is 0.109. The largest absolute Gasteiger partial charge is 0.507 e. The van der Waals surface area contributed by atoms with Crippen LogP contribution >= 0.6 is 22.9 Å². The molecule has 0 saturated heterocycles. The van der Waals surface area contributed by atoms with Crippen LogP contribution in [0.5, 0.6) is 5.75 Å². The highest BCUT2D eigenvalue weighted by Crippen LogP contribution is 2.33. The Balaban J connectivity index is 2.51. The molecule has 0 saturated carbocycles. The summed E-state index contributed by atoms with van der Waals surface area (Å²) in [4.78, 5) is 11.7. The van der Waals surface area contributed by atoms with E-state index in [2.05, 4.69) is 0 Å². The summed E-state index contributed by atoms with van der Waals surface area (Å²) in [6, 6.07) is 8.01. The van der Waals surface area contributed by atoms with Crippen molar-refractivity contribution in [2.24, 2.45) is 0 Å². The highest BCUT2D eigenvalue weighted by molar-refractivity contribution is 7.19. The number of thiophene rings is 1. The van der Waals surface area contributed by atoms with E-state index in [4.69, 9.17) is 16.7 Å². The van der Waals surface area contributed by atoms with Crippen LogP contribution in [0.15, 0.2) is 30.3 Å². The maximum atomic E-state index is 10.8. The average Bonchev–Trinajstić information content (AvgIpc) is 2.65. The number of phenols is 1. The molecule has 0 aliphatic carbocycles. The third kappa shape index (κ3) is 2.03. The second-order valence-corrected chi connectivity index (χ2v) is 4.86. The van der Waals surface area contributed by atoms with Crippen molar-refractivity contribution in [1.82, 2.24) is 0 Å². The van der Waals surface area contributed by atoms with E-state index >= 15 is 0 Å². The molecule has 0 unspecified atom stereocenters. The second-order valence-electron chi connectivity index (χ2n) is 3.14. The summed E-state index contributed by atoms with van der Waals surface area (Å²) < 4.78 is 0.639. The van der Waals surface area contributed by atoms with E-state index < -0.39 is 5.97 Å². The Morgan fingerprint density at radius 1 is 1.25 bits per heavy atom. The summed E-state index contributed by atoms with van der Waals surface area (Å²) in [6.45, 7) is 0. The molecule has 0 radical (unpaired) electrons. The quantitative estimate of drug-likeness (QED) is 0.863. The summed E-state index contributed by atoms with van der Waals surface area (Å²) in [6.07, 6.45) is 0. The lowest BCUT2D eigenvalue weighted by Crippen LogP contribution is -1.96. The molecule has 3 nitrogen and oxygen atoms in total. The van der Waals surface area contributed by atoms with Gasteiger partial charge in [-0.25, -0.2) is 4.79 Å². The van der Waals surface area contributed by atoms with Crippen molar-refractivity contribution < 1.29 is 15.0 Å². The molecule has 1 aromatic carbocycles. The number of carboxylic acid groups (broad SMARTS) is 1. The van der Waals surface area contributed by atoms with Gasteiger partial charge >= 0.3 is 5.97 Å². The Morgan fingerprint density at radius 2 is 2.00 bits per heavy atom. The Bertz CT molecular complexity index is 548. The van der Waals surface area contributed by atoms with Gasteiger partial charge in [0.15, 0.2) is 0 Å². The van der Waals surface area contributed by atoms with Gasteiger partial charge in [-0.15, -0.1) is 11.3 Å². The lowest BCUT2D eigenvalue weighted by molar-refractivity contribution is 0.0694. The fourth-order valence-corrected chi connectivity index (χ4v) is 2.37. The first kappa shape index (κ1) is 11.0. The van der Waals surface area contributed by atoms with E-state index in [1.54, 1.807) is 12.1 Å². The molecule has 2 aromatic rings. The van der Waals surface area contributed by atoms with E-state index in [0.29, 0.717) is 4.34 Å². The maximum absolute atomic E-state index is 10.8. The molecule has 2 N–H and O–H groups in total. The molecule has 82 valence electrons. The van der Waals surface area contributed by atoms with Gasteiger partial charge in [0.05, 0.1) is 4.34 Å². The van der Waals surface area contributed by atoms with Crippen molar-refractivity contribution >= 4 is 28.9 Å². The zero-order chi connectivity index (χ0) is 11.7. The highest BCUT2D eigenvalue weighted by Gasteiger charge is 2.11. The third-order valence-electron chi connectivity index (χ3n) is 2.08. The molecule has 0 fully saturated rings. The molecule has 0 atom stereocenters. The van der Waals surface area contributed by atoms with Gasteiger partial charge in [-0.2, -0.15) is 0 Å². The van der Waals surface area contributed by atoms with Crippen LogP contribution in [-0.2, 0) is 0 Å². The topological polar surface area (TPSA) is 57.5 Å². The number of hydrogen-bond donors (Lipinski definition) is 2. The van der Waals surface area contributed by atoms with Crippen molar-refractivity contribution in [2.75, 3.05) is 0 Å². The smallest absolute Gasteiger partial charge is 0.339 e. The minimum Gasteiger partial charge on any atom is -0.507 e. The van der Waals surface area contributed by atoms with Gasteiger partial charge in [-0.1, -0.05) is 11.6 Å². The zero-order valence-corrected chi connectivity index (χ0v) is 9.55. The van der Waals surface area contributed by atoms with Crippen LogP contribution in [0, 0.1) is 0 Å². The molecule has 0 spiro atoms. The van der Waals surface area contributed by atoms with Crippen LogP contribution in [0.3, 0.4) is 0 Å². The Labute approximate surface area is 101 Å². The molecule has 16 heavy (non-hydrogen) atoms. The van der Waals surface area contributed by atoms with Crippen molar-refractivity contribution in [3.63, 3.8) is 0 Å². The number of halogens is 1. The molecule has 2 rings (SSSR count). The SMILES string of the molecule is O=C(O)c1cc(-c2ccc(Cl)s2)ccc1O. The number of hydrogen-bond acceptors (Lipinski definition) is 3. The Morgan fingerprint density at radius 3 is 2.56 bits per heavy atom. The lowest BCUT2D eigenvalue weighted by atomic mass is 10.1. The van der Waals surface area contributed by atoms with Crippen LogP contribution in [0.2, 0.25) is 4.34 Å². The molecule has 1 heterocycles. The standard InChI is InChI=1S/C11H7ClO3S/c12-10-4-3-9(16-10)6-1-2-8(13)7(5-6)11(14)15/h1-5,13H,(H,14,15). The van der Waals surface area contributed by atoms with Crippen LogP contribution in [-0.4, -0.2) is 16.2 Å². The molecule has 0 amide bonds. The van der Waals surface area contributed by atoms with Crippen molar-refractivity contribution in [2.45, 2.75) is 0 Å². The molecular formula is C11H7ClO3S. The zero-order valence-electron chi connectivity index (χ0n) is 7.98. The Hall–Kier alpha value is -1.52. The number of carbonyl (C=O) groups is 1. The predicted octanol–water partition coefficient (Wildman–Crippen LogP) is 3.47. The van der Waals surface area contributed by atoms with Gasteiger partial charge < -0.3 is 10.2 Å². The van der Waals surface area contributed by atoms with Gasteiger partial charge in [-0.05, 0) is 35.9 Å². The summed E-state index contributed by atoms with van der Waals surface area (Å²) >= 11 is 7.15. The number of benzene rings is 1. The molecule has 1 aromatic heterocycles. The van der Waals surface area contributed by atoms with Gasteiger partial charge in [0, 0.05) is 4.88 Å².